The summed E-state index contributed by atoms with van der Waals surface area (Å²) in [5.41, 5.74) is -4.85. The quantitative estimate of drug-likeness (QED) is 0.0437. The highest BCUT2D eigenvalue weighted by Crippen LogP contribution is 2.76. The van der Waals surface area contributed by atoms with Gasteiger partial charge in [0.15, 0.2) is 31.3 Å². The van der Waals surface area contributed by atoms with E-state index in [1.807, 2.05) is 6.92 Å². The molecule has 0 amide bonds. The van der Waals surface area contributed by atoms with Crippen molar-refractivity contribution in [1.82, 2.24) is 0 Å². The number of hydrogen-bond donors (Lipinski definition) is 18. The van der Waals surface area contributed by atoms with Gasteiger partial charge in [-0.15, -0.1) is 0 Å². The highest BCUT2D eigenvalue weighted by atomic mass is 16.8. The third kappa shape index (κ3) is 11.1. The highest BCUT2D eigenvalue weighted by Gasteiger charge is 2.74. The van der Waals surface area contributed by atoms with Crippen molar-refractivity contribution in [3.63, 3.8) is 0 Å². The molecule has 33 atom stereocenters. The molecule has 10 aliphatic rings. The summed E-state index contributed by atoms with van der Waals surface area (Å²) in [6.07, 6.45) is -38.7. The largest absolute Gasteiger partial charge is 0.432 e. The Balaban J connectivity index is 0.859. The molecule has 5 saturated heterocycles. The maximum absolute atomic E-state index is 15.5. The molecule has 0 bridgehead atoms. The van der Waals surface area contributed by atoms with Gasteiger partial charge in [0.05, 0.1) is 64.1 Å². The monoisotopic (exact) mass is 1250 g/mol. The Bertz CT molecular complexity index is 2420. The van der Waals surface area contributed by atoms with Crippen LogP contribution in [0.3, 0.4) is 0 Å². The number of rotatable bonds is 14. The zero-order chi connectivity index (χ0) is 63.6. The second kappa shape index (κ2) is 25.1. The van der Waals surface area contributed by atoms with Gasteiger partial charge in [-0.2, -0.15) is 0 Å². The van der Waals surface area contributed by atoms with Gasteiger partial charge >= 0.3 is 5.97 Å². The van der Waals surface area contributed by atoms with Crippen molar-refractivity contribution in [3.05, 3.63) is 11.6 Å². The number of ether oxygens (including phenoxy) is 10. The summed E-state index contributed by atoms with van der Waals surface area (Å²) in [6, 6.07) is 0. The fraction of sp³-hybridized carbons (Fsp3) is 0.948. The Morgan fingerprint density at radius 2 is 1.09 bits per heavy atom. The first-order valence-electron chi connectivity index (χ1n) is 30.5. The van der Waals surface area contributed by atoms with Crippen LogP contribution in [0.1, 0.15) is 92.9 Å². The molecule has 33 unspecified atom stereocenters. The molecule has 87 heavy (non-hydrogen) atoms. The number of carbonyl (C=O) groups excluding carboxylic acids is 1. The van der Waals surface area contributed by atoms with E-state index in [4.69, 9.17) is 47.4 Å². The first-order chi connectivity index (χ1) is 40.8. The van der Waals surface area contributed by atoms with Gasteiger partial charge in [0.2, 0.25) is 6.29 Å². The zero-order valence-corrected chi connectivity index (χ0v) is 49.8. The number of esters is 1. The van der Waals surface area contributed by atoms with Gasteiger partial charge in [0.25, 0.3) is 0 Å². The molecule has 5 aliphatic heterocycles. The van der Waals surface area contributed by atoms with Crippen molar-refractivity contribution in [2.75, 3.05) is 39.6 Å². The molecule has 29 nitrogen and oxygen atoms in total. The second-order valence-electron chi connectivity index (χ2n) is 28.2. The predicted molar refractivity (Wildman–Crippen MR) is 288 cm³/mol. The van der Waals surface area contributed by atoms with Crippen LogP contribution in [-0.4, -0.2) is 297 Å². The summed E-state index contributed by atoms with van der Waals surface area (Å²) in [5, 5.41) is 198. The number of fused-ring (bicyclic) bond motifs is 7. The Morgan fingerprint density at radius 1 is 0.540 bits per heavy atom. The van der Waals surface area contributed by atoms with E-state index in [0.717, 1.165) is 5.57 Å². The maximum atomic E-state index is 15.5. The first-order valence-corrected chi connectivity index (χ1v) is 30.5. The molecule has 0 spiro atoms. The fourth-order valence-corrected chi connectivity index (χ4v) is 17.7. The average Bonchev–Trinajstić information content (AvgIpc) is 0.792. The Hall–Kier alpha value is -1.87. The molecular formula is C58H94O29. The summed E-state index contributed by atoms with van der Waals surface area (Å²) >= 11 is 0. The summed E-state index contributed by atoms with van der Waals surface area (Å²) < 4.78 is 58.6. The average molecular weight is 1260 g/mol. The van der Waals surface area contributed by atoms with E-state index in [2.05, 4.69) is 33.8 Å². The van der Waals surface area contributed by atoms with Gasteiger partial charge < -0.3 is 139 Å². The molecule has 5 heterocycles. The smallest absolute Gasteiger partial charge is 0.317 e. The van der Waals surface area contributed by atoms with E-state index in [1.54, 1.807) is 0 Å². The zero-order valence-electron chi connectivity index (χ0n) is 49.8. The van der Waals surface area contributed by atoms with Gasteiger partial charge in [-0.3, -0.25) is 4.79 Å². The summed E-state index contributed by atoms with van der Waals surface area (Å²) in [4.78, 5) is 15.5. The van der Waals surface area contributed by atoms with Crippen LogP contribution >= 0.6 is 0 Å². The minimum Gasteiger partial charge on any atom is -0.432 e. The Labute approximate surface area is 502 Å². The molecule has 10 rings (SSSR count). The fourth-order valence-electron chi connectivity index (χ4n) is 17.7. The summed E-state index contributed by atoms with van der Waals surface area (Å²) in [5.74, 6) is -2.28. The van der Waals surface area contributed by atoms with E-state index < -0.39 is 244 Å². The minimum atomic E-state index is -2.02. The second-order valence-corrected chi connectivity index (χ2v) is 28.2. The number of aliphatic hydroxyl groups excluding tert-OH is 18. The Kier molecular flexibility index (Phi) is 19.6. The topological polar surface area (TPSA) is 474 Å². The lowest BCUT2D eigenvalue weighted by molar-refractivity contribution is -0.378. The van der Waals surface area contributed by atoms with Gasteiger partial charge in [0.1, 0.15) is 103 Å². The van der Waals surface area contributed by atoms with Crippen LogP contribution < -0.4 is 0 Å². The number of aliphatic hydroxyl groups is 18. The van der Waals surface area contributed by atoms with Crippen molar-refractivity contribution < 1.29 is 144 Å². The van der Waals surface area contributed by atoms with Crippen LogP contribution in [-0.2, 0) is 52.2 Å². The van der Waals surface area contributed by atoms with Gasteiger partial charge in [-0.1, -0.05) is 46.3 Å². The van der Waals surface area contributed by atoms with E-state index in [-0.39, 0.29) is 30.6 Å². The van der Waals surface area contributed by atoms with Crippen LogP contribution in [0.2, 0.25) is 0 Å². The molecule has 5 aliphatic carbocycles. The normalized spacial score (nSPS) is 54.0. The lowest BCUT2D eigenvalue weighted by Gasteiger charge is -2.72. The molecule has 9 fully saturated rings. The van der Waals surface area contributed by atoms with Crippen LogP contribution in [0.5, 0.6) is 0 Å². The highest BCUT2D eigenvalue weighted by molar-refractivity contribution is 5.80. The lowest BCUT2D eigenvalue weighted by atomic mass is 9.33. The number of hydrogen-bond acceptors (Lipinski definition) is 29. The van der Waals surface area contributed by atoms with E-state index in [9.17, 15) is 91.9 Å². The van der Waals surface area contributed by atoms with E-state index in [1.165, 1.54) is 6.92 Å². The number of allylic oxidation sites excluding steroid dienone is 2. The minimum absolute atomic E-state index is 0.0680. The van der Waals surface area contributed by atoms with Crippen molar-refractivity contribution in [2.45, 2.75) is 253 Å². The van der Waals surface area contributed by atoms with E-state index >= 15 is 4.79 Å². The van der Waals surface area contributed by atoms with Crippen LogP contribution in [0.4, 0.5) is 0 Å². The molecular weight excluding hydrogens is 1160 g/mol. The third-order valence-electron chi connectivity index (χ3n) is 22.9. The molecule has 0 aromatic heterocycles. The molecule has 29 heteroatoms. The molecule has 0 radical (unpaired) electrons. The third-order valence-corrected chi connectivity index (χ3v) is 22.9. The van der Waals surface area contributed by atoms with E-state index in [0.29, 0.717) is 32.1 Å². The van der Waals surface area contributed by atoms with Crippen LogP contribution in [0, 0.1) is 50.2 Å². The Morgan fingerprint density at radius 3 is 1.70 bits per heavy atom. The van der Waals surface area contributed by atoms with Crippen molar-refractivity contribution in [2.24, 2.45) is 50.2 Å². The first kappa shape index (κ1) is 68.0. The summed E-state index contributed by atoms with van der Waals surface area (Å²) in [7, 11) is 0. The molecule has 4 saturated carbocycles. The van der Waals surface area contributed by atoms with Crippen molar-refractivity contribution in [1.29, 1.82) is 0 Å². The lowest BCUT2D eigenvalue weighted by Crippen LogP contribution is -2.71. The molecule has 0 aromatic carbocycles. The molecule has 0 aromatic rings. The maximum Gasteiger partial charge on any atom is 0.317 e. The molecule has 18 N–H and O–H groups in total. The van der Waals surface area contributed by atoms with Crippen LogP contribution in [0.25, 0.3) is 0 Å². The summed E-state index contributed by atoms with van der Waals surface area (Å²) in [6.45, 7) is 7.91. The number of carbonyl (C=O) groups is 1. The predicted octanol–water partition coefficient (Wildman–Crippen LogP) is -6.02. The van der Waals surface area contributed by atoms with Crippen molar-refractivity contribution in [3.8, 4) is 0 Å². The standard InChI is InChI=1S/C58H94O29/c1-22-43(83-47-42(76)44(27(65)19-78-47)84-49-39(73)36(70)34(68)28(16-59)81-49)38(72)41(75)48(80-22)85-45-33(67)26(64)18-79-51(45)87-52(77)58-12-11-53(2,3)13-24(58)23-7-8-30-54(4)14-25(63)46(86-50-40(74)37(71)35(69)29(17-60)82-50)57(20-61,21-62)31(54)9-10-55(30,5)56(23,6)15-32(58)66/h7,22,24-51,59-76H,8-21H2,1-6H3. The van der Waals surface area contributed by atoms with Gasteiger partial charge in [-0.05, 0) is 97.7 Å². The van der Waals surface area contributed by atoms with Crippen LogP contribution in [0.15, 0.2) is 11.6 Å². The SMILES string of the molecule is CC1OC(OC2C(OC(=O)C34CCC(C)(C)CC3C3=CCC5C6(C)CC(O)C(OC7OC(CO)C(O)C(O)C7O)C(CO)(CO)C6CCC5(C)C3(C)CC4O)OCC(O)C2O)C(O)C(O)C1OC1OCC(O)C(OC2OC(CO)C(O)C(O)C2O)C1O. The van der Waals surface area contributed by atoms with Gasteiger partial charge in [-0.25, -0.2) is 0 Å². The van der Waals surface area contributed by atoms with Gasteiger partial charge in [0, 0.05) is 5.41 Å². The van der Waals surface area contributed by atoms with Crippen molar-refractivity contribution >= 4 is 5.97 Å². The molecule has 500 valence electrons.